The summed E-state index contributed by atoms with van der Waals surface area (Å²) in [5.74, 6) is -0.0167. The Hall–Kier alpha value is -2.62. The van der Waals surface area contributed by atoms with Gasteiger partial charge in [-0.2, -0.15) is 0 Å². The van der Waals surface area contributed by atoms with Crippen LogP contribution < -0.4 is 5.32 Å². The number of nitrogens with zero attached hydrogens (tertiary/aromatic N) is 2. The van der Waals surface area contributed by atoms with Crippen LogP contribution >= 0.6 is 0 Å². The Balaban J connectivity index is 1.64. The smallest absolute Gasteiger partial charge is 0.240 e. The predicted molar refractivity (Wildman–Crippen MR) is 78.0 cm³/mol. The van der Waals surface area contributed by atoms with Gasteiger partial charge in [-0.25, -0.2) is 0 Å². The van der Waals surface area contributed by atoms with Crippen molar-refractivity contribution in [2.24, 2.45) is 0 Å². The average molecular weight is 265 g/mol. The molecule has 0 unspecified atom stereocenters. The zero-order chi connectivity index (χ0) is 13.8. The van der Waals surface area contributed by atoms with Crippen LogP contribution in [0.25, 0.3) is 10.9 Å². The predicted octanol–water partition coefficient (Wildman–Crippen LogP) is 2.35. The zero-order valence-electron chi connectivity index (χ0n) is 11.0. The summed E-state index contributed by atoms with van der Waals surface area (Å²) >= 11 is 0. The second-order valence-corrected chi connectivity index (χ2v) is 4.60. The van der Waals surface area contributed by atoms with E-state index in [9.17, 15) is 4.79 Å². The van der Waals surface area contributed by atoms with Crippen LogP contribution in [0.15, 0.2) is 60.9 Å². The van der Waals surface area contributed by atoms with Crippen molar-refractivity contribution < 1.29 is 4.79 Å². The third-order valence-electron chi connectivity index (χ3n) is 3.19. The Morgan fingerprint density at radius 3 is 2.80 bits per heavy atom. The number of benzene rings is 1. The maximum absolute atomic E-state index is 12.0. The van der Waals surface area contributed by atoms with Crippen LogP contribution in [0.5, 0.6) is 0 Å². The molecule has 0 atom stereocenters. The largest absolute Gasteiger partial charge is 0.349 e. The zero-order valence-corrected chi connectivity index (χ0v) is 11.0. The fourth-order valence-corrected chi connectivity index (χ4v) is 2.18. The Kier molecular flexibility index (Phi) is 3.46. The van der Waals surface area contributed by atoms with Gasteiger partial charge in [0, 0.05) is 17.9 Å². The van der Waals surface area contributed by atoms with Crippen molar-refractivity contribution >= 4 is 16.8 Å². The highest BCUT2D eigenvalue weighted by molar-refractivity contribution is 5.83. The molecule has 0 fully saturated rings. The minimum Gasteiger partial charge on any atom is -0.349 e. The first-order valence-corrected chi connectivity index (χ1v) is 6.53. The second-order valence-electron chi connectivity index (χ2n) is 4.60. The number of aromatic nitrogens is 2. The fourth-order valence-electron chi connectivity index (χ4n) is 2.18. The lowest BCUT2D eigenvalue weighted by Crippen LogP contribution is -2.27. The van der Waals surface area contributed by atoms with Crippen LogP contribution in [-0.4, -0.2) is 15.5 Å². The molecule has 3 rings (SSSR count). The van der Waals surface area contributed by atoms with Crippen molar-refractivity contribution in [3.8, 4) is 0 Å². The summed E-state index contributed by atoms with van der Waals surface area (Å²) in [6.07, 6.45) is 3.66. The number of rotatable bonds is 4. The van der Waals surface area contributed by atoms with E-state index in [1.165, 1.54) is 0 Å². The summed E-state index contributed by atoms with van der Waals surface area (Å²) in [4.78, 5) is 16.1. The highest BCUT2D eigenvalue weighted by Gasteiger charge is 2.05. The van der Waals surface area contributed by atoms with Crippen LogP contribution in [0.1, 0.15) is 5.69 Å². The van der Waals surface area contributed by atoms with Crippen molar-refractivity contribution in [3.05, 3.63) is 66.6 Å². The normalized spacial score (nSPS) is 10.6. The summed E-state index contributed by atoms with van der Waals surface area (Å²) in [6.45, 7) is 0.777. The molecule has 20 heavy (non-hydrogen) atoms. The van der Waals surface area contributed by atoms with Gasteiger partial charge < -0.3 is 9.88 Å². The number of hydrogen-bond acceptors (Lipinski definition) is 2. The van der Waals surface area contributed by atoms with E-state index < -0.39 is 0 Å². The summed E-state index contributed by atoms with van der Waals surface area (Å²) in [5, 5.41) is 4.02. The molecule has 100 valence electrons. The highest BCUT2D eigenvalue weighted by Crippen LogP contribution is 2.14. The summed E-state index contributed by atoms with van der Waals surface area (Å²) in [6, 6.07) is 15.7. The van der Waals surface area contributed by atoms with E-state index in [1.54, 1.807) is 6.20 Å². The van der Waals surface area contributed by atoms with Crippen LogP contribution in [-0.2, 0) is 17.9 Å². The van der Waals surface area contributed by atoms with Gasteiger partial charge in [0.1, 0.15) is 6.54 Å². The molecular formula is C16H15N3O. The molecule has 0 saturated carbocycles. The number of fused-ring (bicyclic) bond motifs is 1. The van der Waals surface area contributed by atoms with E-state index in [0.717, 1.165) is 16.6 Å². The summed E-state index contributed by atoms with van der Waals surface area (Å²) in [5.41, 5.74) is 1.93. The number of amides is 1. The van der Waals surface area contributed by atoms with Gasteiger partial charge in [-0.15, -0.1) is 0 Å². The lowest BCUT2D eigenvalue weighted by molar-refractivity contribution is -0.121. The van der Waals surface area contributed by atoms with E-state index in [4.69, 9.17) is 0 Å². The molecule has 4 heteroatoms. The third kappa shape index (κ3) is 2.69. The van der Waals surface area contributed by atoms with Gasteiger partial charge in [0.25, 0.3) is 0 Å². The number of carbonyl (C=O) groups excluding carboxylic acids is 1. The first kappa shape index (κ1) is 12.4. The van der Waals surface area contributed by atoms with Crippen molar-refractivity contribution in [1.29, 1.82) is 0 Å². The Labute approximate surface area is 117 Å². The molecule has 1 N–H and O–H groups in total. The molecule has 0 aliphatic heterocycles. The molecule has 2 aromatic heterocycles. The van der Waals surface area contributed by atoms with Gasteiger partial charge in [0.05, 0.1) is 12.2 Å². The average Bonchev–Trinajstić information content (AvgIpc) is 2.90. The van der Waals surface area contributed by atoms with E-state index >= 15 is 0 Å². The number of carbonyl (C=O) groups is 1. The molecule has 0 aliphatic carbocycles. The monoisotopic (exact) mass is 265 g/mol. The lowest BCUT2D eigenvalue weighted by Gasteiger charge is -2.07. The first-order chi connectivity index (χ1) is 9.83. The molecule has 3 aromatic rings. The first-order valence-electron chi connectivity index (χ1n) is 6.53. The maximum Gasteiger partial charge on any atom is 0.240 e. The topological polar surface area (TPSA) is 46.9 Å². The van der Waals surface area contributed by atoms with Gasteiger partial charge in [-0.1, -0.05) is 24.3 Å². The van der Waals surface area contributed by atoms with Crippen molar-refractivity contribution in [2.45, 2.75) is 13.1 Å². The van der Waals surface area contributed by atoms with E-state index in [1.807, 2.05) is 59.3 Å². The fraction of sp³-hybridized carbons (Fsp3) is 0.125. The van der Waals surface area contributed by atoms with Crippen molar-refractivity contribution in [1.82, 2.24) is 14.9 Å². The molecule has 1 amide bonds. The van der Waals surface area contributed by atoms with Gasteiger partial charge in [0.15, 0.2) is 0 Å². The lowest BCUT2D eigenvalue weighted by atomic mass is 10.2. The highest BCUT2D eigenvalue weighted by atomic mass is 16.1. The SMILES string of the molecule is O=C(Cn1ccc2ccccc21)NCc1ccccn1. The molecule has 0 saturated heterocycles. The van der Waals surface area contributed by atoms with E-state index in [-0.39, 0.29) is 5.91 Å². The van der Waals surface area contributed by atoms with Gasteiger partial charge in [-0.3, -0.25) is 9.78 Å². The van der Waals surface area contributed by atoms with Crippen molar-refractivity contribution in [2.75, 3.05) is 0 Å². The number of hydrogen-bond donors (Lipinski definition) is 1. The number of para-hydroxylation sites is 1. The van der Waals surface area contributed by atoms with Gasteiger partial charge in [0.2, 0.25) is 5.91 Å². The molecule has 0 spiro atoms. The minimum atomic E-state index is -0.0167. The molecule has 0 radical (unpaired) electrons. The molecule has 4 nitrogen and oxygen atoms in total. The third-order valence-corrected chi connectivity index (χ3v) is 3.19. The molecule has 0 aliphatic rings. The minimum absolute atomic E-state index is 0.0167. The Bertz CT molecular complexity index is 719. The van der Waals surface area contributed by atoms with Crippen LogP contribution in [0.2, 0.25) is 0 Å². The van der Waals surface area contributed by atoms with E-state index in [0.29, 0.717) is 13.1 Å². The number of nitrogens with one attached hydrogen (secondary N) is 1. The summed E-state index contributed by atoms with van der Waals surface area (Å²) < 4.78 is 1.95. The quantitative estimate of drug-likeness (QED) is 0.787. The standard InChI is InChI=1S/C16H15N3O/c20-16(18-11-14-6-3-4-9-17-14)12-19-10-8-13-5-1-2-7-15(13)19/h1-10H,11-12H2,(H,18,20). The Morgan fingerprint density at radius 2 is 1.95 bits per heavy atom. The van der Waals surface area contributed by atoms with Crippen LogP contribution in [0.4, 0.5) is 0 Å². The number of pyridine rings is 1. The van der Waals surface area contributed by atoms with Crippen LogP contribution in [0.3, 0.4) is 0 Å². The molecular weight excluding hydrogens is 250 g/mol. The van der Waals surface area contributed by atoms with E-state index in [2.05, 4.69) is 10.3 Å². The molecule has 1 aromatic carbocycles. The van der Waals surface area contributed by atoms with Gasteiger partial charge >= 0.3 is 0 Å². The van der Waals surface area contributed by atoms with Crippen LogP contribution in [0, 0.1) is 0 Å². The maximum atomic E-state index is 12.0. The second kappa shape index (κ2) is 5.57. The molecule has 0 bridgehead atoms. The Morgan fingerprint density at radius 1 is 1.10 bits per heavy atom. The molecule has 2 heterocycles. The summed E-state index contributed by atoms with van der Waals surface area (Å²) in [7, 11) is 0. The van der Waals surface area contributed by atoms with Crippen molar-refractivity contribution in [3.63, 3.8) is 0 Å². The van der Waals surface area contributed by atoms with Gasteiger partial charge in [-0.05, 0) is 29.7 Å².